The van der Waals surface area contributed by atoms with E-state index >= 15 is 0 Å². The molecule has 0 fully saturated rings. The Hall–Kier alpha value is -2.13. The van der Waals surface area contributed by atoms with E-state index < -0.39 is 10.0 Å². The fourth-order valence-corrected chi connectivity index (χ4v) is 4.17. The summed E-state index contributed by atoms with van der Waals surface area (Å²) in [7, 11) is -0.939. The van der Waals surface area contributed by atoms with Crippen molar-refractivity contribution in [3.8, 4) is 17.1 Å². The normalized spacial score (nSPS) is 11.7. The first kappa shape index (κ1) is 19.6. The van der Waals surface area contributed by atoms with Crippen LogP contribution in [-0.2, 0) is 16.6 Å². The van der Waals surface area contributed by atoms with E-state index in [9.17, 15) is 8.42 Å². The van der Waals surface area contributed by atoms with Gasteiger partial charge in [0.05, 0.1) is 18.7 Å². The summed E-state index contributed by atoms with van der Waals surface area (Å²) in [4.78, 5) is 4.15. The Morgan fingerprint density at radius 3 is 2.70 bits per heavy atom. The molecule has 7 nitrogen and oxygen atoms in total. The topological polar surface area (TPSA) is 85.5 Å². The lowest BCUT2D eigenvalue weighted by Crippen LogP contribution is -2.27. The van der Waals surface area contributed by atoms with Crippen molar-refractivity contribution >= 4 is 33.2 Å². The predicted molar refractivity (Wildman–Crippen MR) is 101 cm³/mol. The van der Waals surface area contributed by atoms with Crippen LogP contribution in [0, 0.1) is 0 Å². The Kier molecular flexibility index (Phi) is 5.71. The molecule has 0 bridgehead atoms. The molecule has 0 N–H and O–H groups in total. The van der Waals surface area contributed by atoms with Gasteiger partial charge in [-0.25, -0.2) is 8.42 Å². The summed E-state index contributed by atoms with van der Waals surface area (Å²) >= 11 is 11.9. The van der Waals surface area contributed by atoms with Gasteiger partial charge < -0.3 is 9.26 Å². The highest BCUT2D eigenvalue weighted by Gasteiger charge is 2.26. The van der Waals surface area contributed by atoms with Crippen LogP contribution in [0.15, 0.2) is 51.9 Å². The van der Waals surface area contributed by atoms with Crippen molar-refractivity contribution in [3.05, 3.63) is 58.4 Å². The molecule has 0 unspecified atom stereocenters. The molecule has 2 aromatic carbocycles. The minimum atomic E-state index is -3.89. The molecule has 10 heteroatoms. The molecule has 0 saturated heterocycles. The molecule has 0 radical (unpaired) electrons. The summed E-state index contributed by atoms with van der Waals surface area (Å²) in [6, 6.07) is 11.4. The van der Waals surface area contributed by atoms with Gasteiger partial charge in [0.2, 0.25) is 21.7 Å². The quantitative estimate of drug-likeness (QED) is 0.593. The maximum absolute atomic E-state index is 12.7. The monoisotopic (exact) mass is 427 g/mol. The molecule has 0 spiro atoms. The third kappa shape index (κ3) is 4.24. The lowest BCUT2D eigenvalue weighted by Gasteiger charge is -2.16. The first-order valence-corrected chi connectivity index (χ1v) is 9.89. The molecule has 0 aliphatic heterocycles. The zero-order chi connectivity index (χ0) is 19.6. The highest BCUT2D eigenvalue weighted by molar-refractivity contribution is 7.89. The van der Waals surface area contributed by atoms with Crippen molar-refractivity contribution in [1.82, 2.24) is 14.4 Å². The Balaban J connectivity index is 1.83. The van der Waals surface area contributed by atoms with E-state index in [1.807, 2.05) is 0 Å². The van der Waals surface area contributed by atoms with Gasteiger partial charge in [-0.15, -0.1) is 0 Å². The first-order valence-electron chi connectivity index (χ1n) is 7.69. The number of sulfonamides is 1. The van der Waals surface area contributed by atoms with Crippen LogP contribution in [-0.4, -0.2) is 37.0 Å². The molecular formula is C17H15Cl2N3O4S. The number of benzene rings is 2. The van der Waals surface area contributed by atoms with Gasteiger partial charge in [0, 0.05) is 17.6 Å². The Morgan fingerprint density at radius 2 is 1.96 bits per heavy atom. The summed E-state index contributed by atoms with van der Waals surface area (Å²) in [6.45, 7) is -0.123. The van der Waals surface area contributed by atoms with Crippen LogP contribution in [0.2, 0.25) is 10.0 Å². The van der Waals surface area contributed by atoms with Crippen LogP contribution in [0.4, 0.5) is 0 Å². The number of nitrogens with zero attached hydrogens (tertiary/aromatic N) is 3. The maximum Gasteiger partial charge on any atom is 0.244 e. The average Bonchev–Trinajstić information content (AvgIpc) is 3.12. The van der Waals surface area contributed by atoms with Gasteiger partial charge in [-0.2, -0.15) is 9.29 Å². The van der Waals surface area contributed by atoms with Gasteiger partial charge in [0.25, 0.3) is 0 Å². The summed E-state index contributed by atoms with van der Waals surface area (Å²) in [5.74, 6) is 1.11. The molecule has 3 rings (SSSR count). The molecule has 0 saturated carbocycles. The van der Waals surface area contributed by atoms with Gasteiger partial charge in [0.15, 0.2) is 0 Å². The number of rotatable bonds is 6. The second kappa shape index (κ2) is 7.85. The van der Waals surface area contributed by atoms with E-state index in [0.717, 1.165) is 4.31 Å². The molecule has 0 aliphatic rings. The highest BCUT2D eigenvalue weighted by Crippen LogP contribution is 2.28. The fraction of sp³-hybridized carbons (Fsp3) is 0.176. The van der Waals surface area contributed by atoms with Crippen LogP contribution in [0.3, 0.4) is 0 Å². The van der Waals surface area contributed by atoms with Crippen molar-refractivity contribution in [1.29, 1.82) is 0 Å². The lowest BCUT2D eigenvalue weighted by atomic mass is 10.2. The number of aromatic nitrogens is 2. The second-order valence-electron chi connectivity index (χ2n) is 5.58. The molecule has 0 aliphatic carbocycles. The maximum atomic E-state index is 12.7. The molecule has 27 heavy (non-hydrogen) atoms. The van der Waals surface area contributed by atoms with E-state index in [0.29, 0.717) is 17.1 Å². The fourth-order valence-electron chi connectivity index (χ4n) is 2.32. The summed E-state index contributed by atoms with van der Waals surface area (Å²) in [6.07, 6.45) is 0. The first-order chi connectivity index (χ1) is 12.8. The minimum absolute atomic E-state index is 0.0776. The molecule has 0 atom stereocenters. The SMILES string of the molecule is COc1cccc(-c2noc(CN(C)S(=O)(=O)c3cc(Cl)ccc3Cl)n2)c1. The second-order valence-corrected chi connectivity index (χ2v) is 8.44. The minimum Gasteiger partial charge on any atom is -0.497 e. The standard InChI is InChI=1S/C17H15Cl2N3O4S/c1-22(27(23,24)15-9-12(18)6-7-14(15)19)10-16-20-17(21-26-16)11-4-3-5-13(8-11)25-2/h3-9H,10H2,1-2H3. The van der Waals surface area contributed by atoms with Crippen LogP contribution >= 0.6 is 23.2 Å². The van der Waals surface area contributed by atoms with Crippen molar-refractivity contribution in [2.45, 2.75) is 11.4 Å². The van der Waals surface area contributed by atoms with E-state index in [2.05, 4.69) is 10.1 Å². The molecule has 142 valence electrons. The van der Waals surface area contributed by atoms with Gasteiger partial charge >= 0.3 is 0 Å². The van der Waals surface area contributed by atoms with Crippen LogP contribution in [0.1, 0.15) is 5.89 Å². The number of ether oxygens (including phenoxy) is 1. The number of halogens is 2. The Labute approximate surface area is 166 Å². The van der Waals surface area contributed by atoms with Crippen LogP contribution in [0.25, 0.3) is 11.4 Å². The Bertz CT molecular complexity index is 1070. The lowest BCUT2D eigenvalue weighted by molar-refractivity contribution is 0.337. The van der Waals surface area contributed by atoms with Crippen molar-refractivity contribution in [2.24, 2.45) is 0 Å². The molecule has 1 heterocycles. The van der Waals surface area contributed by atoms with Crippen LogP contribution < -0.4 is 4.74 Å². The van der Waals surface area contributed by atoms with Crippen molar-refractivity contribution < 1.29 is 17.7 Å². The number of hydrogen-bond donors (Lipinski definition) is 0. The van der Waals surface area contributed by atoms with Crippen molar-refractivity contribution in [3.63, 3.8) is 0 Å². The summed E-state index contributed by atoms with van der Waals surface area (Å²) in [5, 5.41) is 4.24. The average molecular weight is 428 g/mol. The van der Waals surface area contributed by atoms with E-state index in [4.69, 9.17) is 32.5 Å². The van der Waals surface area contributed by atoms with Gasteiger partial charge in [-0.1, -0.05) is 40.5 Å². The van der Waals surface area contributed by atoms with E-state index in [-0.39, 0.29) is 27.4 Å². The summed E-state index contributed by atoms with van der Waals surface area (Å²) < 4.78 is 36.9. The third-order valence-electron chi connectivity index (χ3n) is 3.74. The van der Waals surface area contributed by atoms with Crippen molar-refractivity contribution in [2.75, 3.05) is 14.2 Å². The van der Waals surface area contributed by atoms with Gasteiger partial charge in [-0.3, -0.25) is 0 Å². The molecule has 3 aromatic rings. The molecular weight excluding hydrogens is 413 g/mol. The predicted octanol–water partition coefficient (Wildman–Crippen LogP) is 3.87. The van der Waals surface area contributed by atoms with Gasteiger partial charge in [-0.05, 0) is 30.3 Å². The molecule has 1 aromatic heterocycles. The number of methoxy groups -OCH3 is 1. The highest BCUT2D eigenvalue weighted by atomic mass is 35.5. The Morgan fingerprint density at radius 1 is 1.19 bits per heavy atom. The van der Waals surface area contributed by atoms with E-state index in [1.165, 1.54) is 25.2 Å². The summed E-state index contributed by atoms with van der Waals surface area (Å²) in [5.41, 5.74) is 0.688. The smallest absolute Gasteiger partial charge is 0.244 e. The van der Waals surface area contributed by atoms with E-state index in [1.54, 1.807) is 31.4 Å². The zero-order valence-electron chi connectivity index (χ0n) is 14.4. The zero-order valence-corrected chi connectivity index (χ0v) is 16.7. The number of hydrogen-bond acceptors (Lipinski definition) is 6. The van der Waals surface area contributed by atoms with Crippen LogP contribution in [0.5, 0.6) is 5.75 Å². The largest absolute Gasteiger partial charge is 0.497 e. The molecule has 0 amide bonds. The third-order valence-corrected chi connectivity index (χ3v) is 6.26. The van der Waals surface area contributed by atoms with Gasteiger partial charge in [0.1, 0.15) is 10.6 Å².